The van der Waals surface area contributed by atoms with Crippen LogP contribution in [0, 0.1) is 12.8 Å². The average molecular weight is 333 g/mol. The van der Waals surface area contributed by atoms with Gasteiger partial charge in [-0.2, -0.15) is 0 Å². The smallest absolute Gasteiger partial charge is 0.191 e. The Labute approximate surface area is 145 Å². The molecule has 0 aliphatic heterocycles. The predicted molar refractivity (Wildman–Crippen MR) is 98.8 cm³/mol. The maximum Gasteiger partial charge on any atom is 0.191 e. The third-order valence-electron chi connectivity index (χ3n) is 3.80. The maximum atomic E-state index is 5.71. The summed E-state index contributed by atoms with van der Waals surface area (Å²) in [5.74, 6) is 2.57. The molecule has 2 N–H and O–H groups in total. The minimum Gasteiger partial charge on any atom is -0.492 e. The molecule has 0 atom stereocenters. The number of ether oxygens (including phenoxy) is 2. The second-order valence-corrected chi connectivity index (χ2v) is 6.22. The van der Waals surface area contributed by atoms with Gasteiger partial charge in [0, 0.05) is 26.3 Å². The van der Waals surface area contributed by atoms with Crippen LogP contribution in [0.4, 0.5) is 0 Å². The van der Waals surface area contributed by atoms with E-state index in [2.05, 4.69) is 41.6 Å². The van der Waals surface area contributed by atoms with Gasteiger partial charge in [0.15, 0.2) is 5.96 Å². The first-order chi connectivity index (χ1) is 11.8. The largest absolute Gasteiger partial charge is 0.492 e. The fraction of sp³-hybridized carbons (Fsp3) is 0.632. The van der Waals surface area contributed by atoms with Gasteiger partial charge in [0.2, 0.25) is 0 Å². The molecule has 1 aromatic rings. The van der Waals surface area contributed by atoms with Gasteiger partial charge in [0.25, 0.3) is 0 Å². The van der Waals surface area contributed by atoms with E-state index in [1.54, 1.807) is 0 Å². The lowest BCUT2D eigenvalue weighted by Gasteiger charge is -2.12. The lowest BCUT2D eigenvalue weighted by atomic mass is 10.2. The normalized spacial score (nSPS) is 14.5. The van der Waals surface area contributed by atoms with Gasteiger partial charge in [0.05, 0.1) is 6.54 Å². The Morgan fingerprint density at radius 3 is 2.67 bits per heavy atom. The van der Waals surface area contributed by atoms with Crippen molar-refractivity contribution in [1.29, 1.82) is 0 Å². The Morgan fingerprint density at radius 1 is 1.17 bits per heavy atom. The number of benzene rings is 1. The highest BCUT2D eigenvalue weighted by Gasteiger charge is 2.20. The van der Waals surface area contributed by atoms with E-state index in [9.17, 15) is 0 Å². The number of nitrogens with zero attached hydrogens (tertiary/aromatic N) is 1. The molecule has 1 fully saturated rings. The molecule has 0 aromatic heterocycles. The Morgan fingerprint density at radius 2 is 1.96 bits per heavy atom. The second-order valence-electron chi connectivity index (χ2n) is 6.22. The van der Waals surface area contributed by atoms with Gasteiger partial charge in [-0.3, -0.25) is 4.99 Å². The molecule has 2 rings (SSSR count). The molecule has 0 unspecified atom stereocenters. The zero-order chi connectivity index (χ0) is 17.0. The number of nitrogens with one attached hydrogen (secondary N) is 2. The van der Waals surface area contributed by atoms with E-state index in [4.69, 9.17) is 9.47 Å². The number of guanidine groups is 1. The summed E-state index contributed by atoms with van der Waals surface area (Å²) < 4.78 is 11.3. The fourth-order valence-electron chi connectivity index (χ4n) is 2.21. The Hall–Kier alpha value is -1.75. The van der Waals surface area contributed by atoms with E-state index in [1.165, 1.54) is 18.4 Å². The topological polar surface area (TPSA) is 54.9 Å². The summed E-state index contributed by atoms with van der Waals surface area (Å²) >= 11 is 0. The molecular formula is C19H31N3O2. The maximum absolute atomic E-state index is 5.71. The molecule has 0 heterocycles. The molecule has 1 aliphatic carbocycles. The Balaban J connectivity index is 1.56. The van der Waals surface area contributed by atoms with Crippen molar-refractivity contribution < 1.29 is 9.47 Å². The van der Waals surface area contributed by atoms with E-state index in [-0.39, 0.29) is 0 Å². The Kier molecular flexibility index (Phi) is 8.46. The number of hydrogen-bond donors (Lipinski definition) is 2. The molecular weight excluding hydrogens is 302 g/mol. The van der Waals surface area contributed by atoms with Crippen molar-refractivity contribution in [1.82, 2.24) is 10.6 Å². The van der Waals surface area contributed by atoms with Crippen molar-refractivity contribution >= 4 is 5.96 Å². The first-order valence-electron chi connectivity index (χ1n) is 9.07. The summed E-state index contributed by atoms with van der Waals surface area (Å²) in [5.41, 5.74) is 1.24. The molecule has 0 amide bonds. The van der Waals surface area contributed by atoms with Gasteiger partial charge < -0.3 is 20.1 Å². The minimum absolute atomic E-state index is 0.609. The quantitative estimate of drug-likeness (QED) is 0.371. The van der Waals surface area contributed by atoms with Crippen molar-refractivity contribution in [2.75, 3.05) is 39.5 Å². The summed E-state index contributed by atoms with van der Waals surface area (Å²) in [6.07, 6.45) is 3.65. The molecule has 1 saturated carbocycles. The molecule has 1 aromatic carbocycles. The van der Waals surface area contributed by atoms with E-state index >= 15 is 0 Å². The van der Waals surface area contributed by atoms with Crippen LogP contribution in [0.3, 0.4) is 0 Å². The lowest BCUT2D eigenvalue weighted by molar-refractivity contribution is 0.123. The van der Waals surface area contributed by atoms with Crippen LogP contribution in [0.5, 0.6) is 5.75 Å². The van der Waals surface area contributed by atoms with Crippen LogP contribution in [0.15, 0.2) is 29.3 Å². The molecule has 0 radical (unpaired) electrons. The van der Waals surface area contributed by atoms with Crippen molar-refractivity contribution in [3.63, 3.8) is 0 Å². The monoisotopic (exact) mass is 333 g/mol. The van der Waals surface area contributed by atoms with Gasteiger partial charge in [-0.15, -0.1) is 0 Å². The minimum atomic E-state index is 0.609. The highest BCUT2D eigenvalue weighted by molar-refractivity contribution is 5.79. The van der Waals surface area contributed by atoms with Crippen LogP contribution in [-0.2, 0) is 4.74 Å². The molecule has 5 heteroatoms. The van der Waals surface area contributed by atoms with Crippen LogP contribution in [0.1, 0.15) is 31.7 Å². The van der Waals surface area contributed by atoms with Gasteiger partial charge in [0.1, 0.15) is 12.4 Å². The summed E-state index contributed by atoms with van der Waals surface area (Å²) in [6.45, 7) is 8.83. The third-order valence-corrected chi connectivity index (χ3v) is 3.80. The molecule has 1 aliphatic rings. The van der Waals surface area contributed by atoms with Crippen LogP contribution in [0.2, 0.25) is 0 Å². The van der Waals surface area contributed by atoms with E-state index in [0.29, 0.717) is 6.61 Å². The van der Waals surface area contributed by atoms with E-state index in [0.717, 1.165) is 56.9 Å². The molecule has 5 nitrogen and oxygen atoms in total. The molecule has 134 valence electrons. The van der Waals surface area contributed by atoms with Crippen LogP contribution in [-0.4, -0.2) is 45.4 Å². The van der Waals surface area contributed by atoms with E-state index < -0.39 is 0 Å². The first kappa shape index (κ1) is 18.6. The van der Waals surface area contributed by atoms with Crippen LogP contribution >= 0.6 is 0 Å². The predicted octanol–water partition coefficient (Wildman–Crippen LogP) is 2.75. The zero-order valence-corrected chi connectivity index (χ0v) is 15.0. The number of aliphatic imine (C=N–C) groups is 1. The summed E-state index contributed by atoms with van der Waals surface area (Å²) in [7, 11) is 0. The van der Waals surface area contributed by atoms with E-state index in [1.807, 2.05) is 12.1 Å². The Bertz CT molecular complexity index is 484. The molecule has 24 heavy (non-hydrogen) atoms. The average Bonchev–Trinajstić information content (AvgIpc) is 3.40. The first-order valence-corrected chi connectivity index (χ1v) is 9.07. The molecule has 0 spiro atoms. The SMILES string of the molecule is CCNC(=NCCCOCC1CC1)NCCOc1ccc(C)cc1. The zero-order valence-electron chi connectivity index (χ0n) is 15.0. The lowest BCUT2D eigenvalue weighted by Crippen LogP contribution is -2.39. The van der Waals surface area contributed by atoms with Crippen molar-refractivity contribution in [3.8, 4) is 5.75 Å². The van der Waals surface area contributed by atoms with Gasteiger partial charge in [-0.1, -0.05) is 17.7 Å². The van der Waals surface area contributed by atoms with Gasteiger partial charge >= 0.3 is 0 Å². The standard InChI is InChI=1S/C19H31N3O2/c1-3-20-19(21-11-4-13-23-15-17-7-8-17)22-12-14-24-18-9-5-16(2)6-10-18/h5-6,9-10,17H,3-4,7-8,11-15H2,1-2H3,(H2,20,21,22). The number of rotatable bonds is 11. The number of aryl methyl sites for hydroxylation is 1. The van der Waals surface area contributed by atoms with Crippen molar-refractivity contribution in [3.05, 3.63) is 29.8 Å². The van der Waals surface area contributed by atoms with Crippen LogP contribution < -0.4 is 15.4 Å². The second kappa shape index (κ2) is 10.9. The van der Waals surface area contributed by atoms with Crippen molar-refractivity contribution in [2.45, 2.75) is 33.1 Å². The van der Waals surface area contributed by atoms with Crippen molar-refractivity contribution in [2.24, 2.45) is 10.9 Å². The highest BCUT2D eigenvalue weighted by atomic mass is 16.5. The summed E-state index contributed by atoms with van der Waals surface area (Å²) in [4.78, 5) is 4.56. The van der Waals surface area contributed by atoms with Crippen LogP contribution in [0.25, 0.3) is 0 Å². The molecule has 0 bridgehead atoms. The van der Waals surface area contributed by atoms with Gasteiger partial charge in [-0.05, 0) is 51.2 Å². The van der Waals surface area contributed by atoms with Gasteiger partial charge in [-0.25, -0.2) is 0 Å². The summed E-state index contributed by atoms with van der Waals surface area (Å²) in [6, 6.07) is 8.10. The molecule has 0 saturated heterocycles. The summed E-state index contributed by atoms with van der Waals surface area (Å²) in [5, 5.41) is 6.54. The fourth-order valence-corrected chi connectivity index (χ4v) is 2.21. The highest BCUT2D eigenvalue weighted by Crippen LogP contribution is 2.28. The third kappa shape index (κ3) is 8.20. The number of hydrogen-bond acceptors (Lipinski definition) is 3.